The molecule has 1 aliphatic heterocycles. The van der Waals surface area contributed by atoms with Crippen LogP contribution < -0.4 is 19.7 Å². The largest absolute Gasteiger partial charge is 0.489 e. The zero-order valence-electron chi connectivity index (χ0n) is 17.4. The number of fused-ring (bicyclic) bond motifs is 2. The lowest BCUT2D eigenvalue weighted by atomic mass is 10.1. The van der Waals surface area contributed by atoms with Crippen LogP contribution in [0.3, 0.4) is 0 Å². The molecule has 7 nitrogen and oxygen atoms in total. The maximum Gasteiger partial charge on any atom is 0.270 e. The molecular weight excluding hydrogens is 406 g/mol. The van der Waals surface area contributed by atoms with Gasteiger partial charge < -0.3 is 19.7 Å². The fourth-order valence-corrected chi connectivity index (χ4v) is 3.81. The number of amides is 2. The smallest absolute Gasteiger partial charge is 0.270 e. The number of allylic oxidation sites excluding steroid dienone is 1. The van der Waals surface area contributed by atoms with Gasteiger partial charge in [-0.3, -0.25) is 14.6 Å². The van der Waals surface area contributed by atoms with E-state index in [9.17, 15) is 9.59 Å². The number of pyridine rings is 1. The number of hydrogen-bond donors (Lipinski definition) is 1. The highest BCUT2D eigenvalue weighted by Gasteiger charge is 2.32. The lowest BCUT2D eigenvalue weighted by Gasteiger charge is -2.20. The van der Waals surface area contributed by atoms with E-state index in [1.54, 1.807) is 19.2 Å². The number of benzene rings is 2. The van der Waals surface area contributed by atoms with Gasteiger partial charge in [-0.15, -0.1) is 0 Å². The summed E-state index contributed by atoms with van der Waals surface area (Å²) in [5.41, 5.74) is 3.08. The summed E-state index contributed by atoms with van der Waals surface area (Å²) >= 11 is 0. The summed E-state index contributed by atoms with van der Waals surface area (Å²) in [6, 6.07) is 15.5. The second-order valence-electron chi connectivity index (χ2n) is 7.65. The fraction of sp³-hybridized carbons (Fsp3) is 0.160. The van der Waals surface area contributed by atoms with Crippen molar-refractivity contribution in [3.63, 3.8) is 0 Å². The number of nitrogens with zero attached hydrogens (tertiary/aromatic N) is 2. The number of rotatable bonds is 4. The van der Waals surface area contributed by atoms with Crippen LogP contribution in [0.1, 0.15) is 21.6 Å². The molecule has 1 atom stereocenters. The number of anilines is 1. The Hall–Kier alpha value is -4.13. The summed E-state index contributed by atoms with van der Waals surface area (Å²) in [6.07, 6.45) is 6.46. The van der Waals surface area contributed by atoms with Gasteiger partial charge in [-0.05, 0) is 47.9 Å². The van der Waals surface area contributed by atoms with Crippen molar-refractivity contribution in [1.82, 2.24) is 10.3 Å². The number of nitrogens with one attached hydrogen (secondary N) is 1. The Morgan fingerprint density at radius 2 is 2.00 bits per heavy atom. The third-order valence-electron chi connectivity index (χ3n) is 5.50. The standard InChI is InChI=1S/C25H21N3O4/c1-28-22-12-16-6-5-7-17(16)13-23(22)31-15-21(25(28)30)27-24(29)20-14-19(10-11-26-20)32-18-8-3-2-4-9-18/h2-6,8-14,21H,7,15H2,1H3,(H,27,29)/t21-/m0/s1. The molecule has 1 aromatic heterocycles. The Labute approximate surface area is 185 Å². The molecule has 3 aromatic rings. The first kappa shape index (κ1) is 19.8. The second-order valence-corrected chi connectivity index (χ2v) is 7.65. The lowest BCUT2D eigenvalue weighted by molar-refractivity contribution is -0.120. The average Bonchev–Trinajstić information content (AvgIpc) is 3.24. The molecule has 7 heteroatoms. The van der Waals surface area contributed by atoms with Gasteiger partial charge in [-0.2, -0.15) is 0 Å². The predicted molar refractivity (Wildman–Crippen MR) is 120 cm³/mol. The van der Waals surface area contributed by atoms with Crippen LogP contribution >= 0.6 is 0 Å². The molecule has 2 heterocycles. The van der Waals surface area contributed by atoms with Gasteiger partial charge in [0.1, 0.15) is 35.6 Å². The topological polar surface area (TPSA) is 80.8 Å². The Morgan fingerprint density at radius 1 is 1.16 bits per heavy atom. The Morgan fingerprint density at radius 3 is 2.84 bits per heavy atom. The van der Waals surface area contributed by atoms with Gasteiger partial charge in [0.25, 0.3) is 11.8 Å². The van der Waals surface area contributed by atoms with Crippen molar-refractivity contribution in [3.8, 4) is 17.2 Å². The van der Waals surface area contributed by atoms with Crippen LogP contribution in [-0.2, 0) is 11.2 Å². The molecule has 5 rings (SSSR count). The molecule has 0 saturated carbocycles. The third-order valence-corrected chi connectivity index (χ3v) is 5.50. The minimum absolute atomic E-state index is 0.0360. The molecule has 160 valence electrons. The summed E-state index contributed by atoms with van der Waals surface area (Å²) in [6.45, 7) is 0.0360. The van der Waals surface area contributed by atoms with Crippen LogP contribution in [-0.4, -0.2) is 36.5 Å². The SMILES string of the molecule is CN1C(=O)[C@@H](NC(=O)c2cc(Oc3ccccc3)ccn2)COc2cc3c(cc21)C=CC3. The number of para-hydroxylation sites is 1. The first-order valence-corrected chi connectivity index (χ1v) is 10.3. The van der Waals surface area contributed by atoms with Gasteiger partial charge >= 0.3 is 0 Å². The summed E-state index contributed by atoms with van der Waals surface area (Å²) in [7, 11) is 1.69. The van der Waals surface area contributed by atoms with Gasteiger partial charge in [-0.1, -0.05) is 30.4 Å². The highest BCUT2D eigenvalue weighted by molar-refractivity contribution is 6.03. The van der Waals surface area contributed by atoms with Gasteiger partial charge in [-0.25, -0.2) is 0 Å². The molecule has 0 radical (unpaired) electrons. The molecule has 1 N–H and O–H groups in total. The van der Waals surface area contributed by atoms with E-state index in [4.69, 9.17) is 9.47 Å². The Bertz CT molecular complexity index is 1220. The predicted octanol–water partition coefficient (Wildman–Crippen LogP) is 3.60. The van der Waals surface area contributed by atoms with Crippen LogP contribution in [0.25, 0.3) is 6.08 Å². The van der Waals surface area contributed by atoms with E-state index < -0.39 is 11.9 Å². The van der Waals surface area contributed by atoms with E-state index in [2.05, 4.69) is 16.4 Å². The number of hydrogen-bond acceptors (Lipinski definition) is 5. The van der Waals surface area contributed by atoms with E-state index in [0.717, 1.165) is 17.5 Å². The van der Waals surface area contributed by atoms with Crippen molar-refractivity contribution in [2.24, 2.45) is 0 Å². The van der Waals surface area contributed by atoms with E-state index in [1.807, 2.05) is 48.5 Å². The number of carbonyl (C=O) groups excluding carboxylic acids is 2. The third kappa shape index (κ3) is 3.80. The van der Waals surface area contributed by atoms with E-state index in [0.29, 0.717) is 22.9 Å². The van der Waals surface area contributed by atoms with Gasteiger partial charge in [0.2, 0.25) is 0 Å². The van der Waals surface area contributed by atoms with Crippen molar-refractivity contribution < 1.29 is 19.1 Å². The number of ether oxygens (including phenoxy) is 2. The summed E-state index contributed by atoms with van der Waals surface area (Å²) < 4.78 is 11.7. The van der Waals surface area contributed by atoms with E-state index >= 15 is 0 Å². The highest BCUT2D eigenvalue weighted by Crippen LogP contribution is 2.36. The molecule has 0 fully saturated rings. The lowest BCUT2D eigenvalue weighted by Crippen LogP contribution is -2.49. The maximum atomic E-state index is 13.1. The quantitative estimate of drug-likeness (QED) is 0.688. The van der Waals surface area contributed by atoms with Gasteiger partial charge in [0.15, 0.2) is 0 Å². The van der Waals surface area contributed by atoms with E-state index in [1.165, 1.54) is 11.1 Å². The van der Waals surface area contributed by atoms with E-state index in [-0.39, 0.29) is 18.2 Å². The monoisotopic (exact) mass is 427 g/mol. The van der Waals surface area contributed by atoms with Crippen LogP contribution in [0.4, 0.5) is 5.69 Å². The van der Waals surface area contributed by atoms with Crippen molar-refractivity contribution >= 4 is 23.6 Å². The van der Waals surface area contributed by atoms with Crippen molar-refractivity contribution in [3.05, 3.63) is 83.7 Å². The van der Waals surface area contributed by atoms with Gasteiger partial charge in [0, 0.05) is 19.3 Å². The second kappa shape index (κ2) is 8.19. The molecular formula is C25H21N3O4. The molecule has 0 spiro atoms. The number of carbonyl (C=O) groups is 2. The fourth-order valence-electron chi connectivity index (χ4n) is 3.81. The molecule has 2 aliphatic rings. The Kier molecular flexibility index (Phi) is 5.07. The molecule has 0 unspecified atom stereocenters. The maximum absolute atomic E-state index is 13.1. The normalized spacial score (nSPS) is 16.6. The molecule has 0 saturated heterocycles. The van der Waals surface area contributed by atoms with Crippen LogP contribution in [0.5, 0.6) is 17.2 Å². The van der Waals surface area contributed by atoms with Crippen LogP contribution in [0, 0.1) is 0 Å². The van der Waals surface area contributed by atoms with Crippen molar-refractivity contribution in [1.29, 1.82) is 0 Å². The number of aromatic nitrogens is 1. The molecule has 32 heavy (non-hydrogen) atoms. The first-order valence-electron chi connectivity index (χ1n) is 10.3. The first-order chi connectivity index (χ1) is 15.6. The van der Waals surface area contributed by atoms with Crippen molar-refractivity contribution in [2.75, 3.05) is 18.6 Å². The summed E-state index contributed by atoms with van der Waals surface area (Å²) in [5, 5.41) is 2.75. The number of likely N-dealkylation sites (N-methyl/N-ethyl adjacent to an activating group) is 1. The van der Waals surface area contributed by atoms with Crippen molar-refractivity contribution in [2.45, 2.75) is 12.5 Å². The van der Waals surface area contributed by atoms with Gasteiger partial charge in [0.05, 0.1) is 5.69 Å². The zero-order valence-corrected chi connectivity index (χ0v) is 17.4. The summed E-state index contributed by atoms with van der Waals surface area (Å²) in [5.74, 6) is 1.04. The Balaban J connectivity index is 1.32. The minimum Gasteiger partial charge on any atom is -0.489 e. The molecule has 2 amide bonds. The van der Waals surface area contributed by atoms with Crippen LogP contribution in [0.2, 0.25) is 0 Å². The zero-order chi connectivity index (χ0) is 22.1. The molecule has 2 aromatic carbocycles. The molecule has 1 aliphatic carbocycles. The van der Waals surface area contributed by atoms with Crippen LogP contribution in [0.15, 0.2) is 66.9 Å². The summed E-state index contributed by atoms with van der Waals surface area (Å²) in [4.78, 5) is 31.6. The highest BCUT2D eigenvalue weighted by atomic mass is 16.5. The minimum atomic E-state index is -0.842. The average molecular weight is 427 g/mol. The molecule has 0 bridgehead atoms.